The average molecular weight is 265 g/mol. The standard InChI is InChI=1S/Cl3P.HI/c1-4(2)3;/h;1H. The molecule has 0 rings (SSSR count). The molecule has 0 aromatic rings. The molecular weight excluding hydrogens is 264 g/mol. The second kappa shape index (κ2) is 6.03. The van der Waals surface area contributed by atoms with Crippen LogP contribution in [-0.4, -0.2) is 0 Å². The van der Waals surface area contributed by atoms with E-state index in [4.69, 9.17) is 33.7 Å². The summed E-state index contributed by atoms with van der Waals surface area (Å²) in [5, 5.41) is 0. The Balaban J connectivity index is 0. The van der Waals surface area contributed by atoms with Gasteiger partial charge in [0.25, 0.3) is 0 Å². The van der Waals surface area contributed by atoms with Gasteiger partial charge in [-0.05, 0) is 0 Å². The number of hydrogen-bond acceptors (Lipinski definition) is 0. The molecule has 0 spiro atoms. The summed E-state index contributed by atoms with van der Waals surface area (Å²) < 4.78 is 0. The zero-order valence-corrected chi connectivity index (χ0v) is 7.48. The fourth-order valence-electron chi connectivity index (χ4n) is 0. The van der Waals surface area contributed by atoms with Crippen molar-refractivity contribution in [1.29, 1.82) is 0 Å². The Morgan fingerprint density at radius 1 is 1.00 bits per heavy atom. The van der Waals surface area contributed by atoms with Gasteiger partial charge in [0.2, 0.25) is 0 Å². The highest BCUT2D eigenvalue weighted by Crippen LogP contribution is 2.51. The third kappa shape index (κ3) is 23.8. The molecule has 0 fully saturated rings. The first-order chi connectivity index (χ1) is 1.73. The van der Waals surface area contributed by atoms with E-state index in [0.29, 0.717) is 0 Å². The molecule has 0 saturated heterocycles. The maximum Gasteiger partial charge on any atom is 0.179 e. The molecule has 0 nitrogen and oxygen atoms in total. The van der Waals surface area contributed by atoms with E-state index < -0.39 is 5.98 Å². The van der Waals surface area contributed by atoms with E-state index in [-0.39, 0.29) is 24.0 Å². The predicted octanol–water partition coefficient (Wildman–Crippen LogP) is 3.55. The summed E-state index contributed by atoms with van der Waals surface area (Å²) in [6, 6.07) is 0. The van der Waals surface area contributed by atoms with Crippen molar-refractivity contribution in [2.75, 3.05) is 0 Å². The second-order valence-corrected chi connectivity index (χ2v) is 5.17. The van der Waals surface area contributed by atoms with Crippen molar-refractivity contribution < 1.29 is 0 Å². The van der Waals surface area contributed by atoms with Crippen LogP contribution in [0.25, 0.3) is 0 Å². The fourth-order valence-corrected chi connectivity index (χ4v) is 0. The Morgan fingerprint density at radius 2 is 1.00 bits per heavy atom. The van der Waals surface area contributed by atoms with Crippen LogP contribution in [0.3, 0.4) is 0 Å². The van der Waals surface area contributed by atoms with Gasteiger partial charge in [-0.3, -0.25) is 0 Å². The zero-order chi connectivity index (χ0) is 3.58. The minimum absolute atomic E-state index is 0. The SMILES string of the molecule is ClP(Cl)Cl.I. The van der Waals surface area contributed by atoms with Crippen molar-refractivity contribution in [3.05, 3.63) is 0 Å². The van der Waals surface area contributed by atoms with Crippen molar-refractivity contribution >= 4 is 63.7 Å². The van der Waals surface area contributed by atoms with E-state index in [1.54, 1.807) is 0 Å². The monoisotopic (exact) mass is 264 g/mol. The summed E-state index contributed by atoms with van der Waals surface area (Å²) in [6.45, 7) is 0. The van der Waals surface area contributed by atoms with Crippen LogP contribution in [0.1, 0.15) is 0 Å². The highest BCUT2D eigenvalue weighted by Gasteiger charge is 1.80. The average Bonchev–Trinajstić information content (AvgIpc) is 0.811. The molecule has 5 heteroatoms. The van der Waals surface area contributed by atoms with Crippen LogP contribution in [0.15, 0.2) is 0 Å². The number of rotatable bonds is 0. The van der Waals surface area contributed by atoms with E-state index in [1.165, 1.54) is 0 Å². The van der Waals surface area contributed by atoms with Crippen molar-refractivity contribution in [1.82, 2.24) is 0 Å². The maximum absolute atomic E-state index is 4.87. The number of hydrogen-bond donors (Lipinski definition) is 0. The molecule has 0 aliphatic rings. The maximum atomic E-state index is 4.87. The van der Waals surface area contributed by atoms with Gasteiger partial charge in [0.1, 0.15) is 0 Å². The molecule has 34 valence electrons. The molecule has 0 saturated carbocycles. The molecule has 0 aliphatic heterocycles. The van der Waals surface area contributed by atoms with Crippen LogP contribution in [-0.2, 0) is 0 Å². The summed E-state index contributed by atoms with van der Waals surface area (Å²) in [7, 11) is 0. The Kier molecular flexibility index (Phi) is 12.2. The minimum atomic E-state index is -1.20. The smallest absolute Gasteiger partial charge is 0.107 e. The van der Waals surface area contributed by atoms with Crippen LogP contribution < -0.4 is 0 Å². The third-order valence-electron chi connectivity index (χ3n) is 0. The third-order valence-corrected chi connectivity index (χ3v) is 0. The largest absolute Gasteiger partial charge is 0.179 e. The van der Waals surface area contributed by atoms with Gasteiger partial charge < -0.3 is 0 Å². The van der Waals surface area contributed by atoms with Crippen LogP contribution in [0, 0.1) is 0 Å². The molecule has 0 amide bonds. The van der Waals surface area contributed by atoms with Crippen LogP contribution in [0.5, 0.6) is 0 Å². The van der Waals surface area contributed by atoms with Gasteiger partial charge in [0, 0.05) is 0 Å². The Morgan fingerprint density at radius 3 is 1.00 bits per heavy atom. The van der Waals surface area contributed by atoms with Gasteiger partial charge in [-0.1, -0.05) is 33.7 Å². The van der Waals surface area contributed by atoms with Gasteiger partial charge in [-0.25, -0.2) is 0 Å². The summed E-state index contributed by atoms with van der Waals surface area (Å²) in [5.74, 6) is -1.20. The molecule has 0 atom stereocenters. The van der Waals surface area contributed by atoms with E-state index in [2.05, 4.69) is 0 Å². The van der Waals surface area contributed by atoms with Crippen LogP contribution in [0.2, 0.25) is 0 Å². The normalized spacial score (nSPS) is 7.20. The second-order valence-electron chi connectivity index (χ2n) is 0.192. The number of halogens is 4. The molecule has 0 heterocycles. The van der Waals surface area contributed by atoms with E-state index in [1.807, 2.05) is 0 Å². The Hall–Kier alpha value is 2.03. The summed E-state index contributed by atoms with van der Waals surface area (Å²) in [4.78, 5) is 0. The lowest BCUT2D eigenvalue weighted by Crippen LogP contribution is -0.958. The van der Waals surface area contributed by atoms with Gasteiger partial charge in [0.05, 0.1) is 0 Å². The lowest BCUT2D eigenvalue weighted by Gasteiger charge is -1.68. The first kappa shape index (κ1) is 10.1. The van der Waals surface area contributed by atoms with Crippen LogP contribution in [0.4, 0.5) is 0 Å². The Labute approximate surface area is 63.3 Å². The van der Waals surface area contributed by atoms with E-state index in [0.717, 1.165) is 0 Å². The molecule has 0 bridgehead atoms. The van der Waals surface area contributed by atoms with Gasteiger partial charge in [-0.15, -0.1) is 24.0 Å². The predicted molar refractivity (Wildman–Crippen MR) is 39.9 cm³/mol. The van der Waals surface area contributed by atoms with Crippen molar-refractivity contribution in [3.63, 3.8) is 0 Å². The topological polar surface area (TPSA) is 0 Å². The van der Waals surface area contributed by atoms with Crippen molar-refractivity contribution in [2.24, 2.45) is 0 Å². The highest BCUT2D eigenvalue weighted by molar-refractivity contribution is 14.0. The molecule has 0 aromatic heterocycles. The quantitative estimate of drug-likeness (QED) is 0.464. The summed E-state index contributed by atoms with van der Waals surface area (Å²) in [6.07, 6.45) is 0. The first-order valence-electron chi connectivity index (χ1n) is 0.507. The lowest BCUT2D eigenvalue weighted by molar-refractivity contribution is 4.58. The van der Waals surface area contributed by atoms with E-state index >= 15 is 0 Å². The molecule has 0 aromatic carbocycles. The summed E-state index contributed by atoms with van der Waals surface area (Å²) >= 11 is 14.6. The van der Waals surface area contributed by atoms with Gasteiger partial charge in [-0.2, -0.15) is 0 Å². The first-order valence-corrected chi connectivity index (χ1v) is 4.56. The zero-order valence-electron chi connectivity index (χ0n) is 1.99. The van der Waals surface area contributed by atoms with Crippen molar-refractivity contribution in [3.8, 4) is 0 Å². The highest BCUT2D eigenvalue weighted by atomic mass is 127. The molecule has 5 heavy (non-hydrogen) atoms. The van der Waals surface area contributed by atoms with Crippen molar-refractivity contribution in [2.45, 2.75) is 0 Å². The van der Waals surface area contributed by atoms with Gasteiger partial charge >= 0.3 is 0 Å². The van der Waals surface area contributed by atoms with Crippen LogP contribution >= 0.6 is 63.7 Å². The molecular formula is HCl3IP. The molecule has 0 radical (unpaired) electrons. The minimum Gasteiger partial charge on any atom is -0.107 e. The fraction of sp³-hybridized carbons (Fsp3) is 0. The lowest BCUT2D eigenvalue weighted by atomic mass is 30.4. The van der Waals surface area contributed by atoms with Gasteiger partial charge in [0.15, 0.2) is 5.98 Å². The Bertz CT molecular complexity index is 11.6. The van der Waals surface area contributed by atoms with E-state index in [9.17, 15) is 0 Å². The molecule has 0 unspecified atom stereocenters. The molecule has 0 N–H and O–H groups in total. The summed E-state index contributed by atoms with van der Waals surface area (Å²) in [5.41, 5.74) is 0. The molecule has 0 aliphatic carbocycles.